The number of nitrogens with zero attached hydrogens (tertiary/aromatic N) is 1. The van der Waals surface area contributed by atoms with E-state index in [2.05, 4.69) is 26.8 Å². The minimum absolute atomic E-state index is 0.0285. The van der Waals surface area contributed by atoms with Crippen molar-refractivity contribution in [3.8, 4) is 0 Å². The Labute approximate surface area is 91.0 Å². The van der Waals surface area contributed by atoms with Gasteiger partial charge in [-0.3, -0.25) is 4.79 Å². The van der Waals surface area contributed by atoms with Gasteiger partial charge in [-0.2, -0.15) is 0 Å². The largest absolute Gasteiger partial charge is 0.333 e. The summed E-state index contributed by atoms with van der Waals surface area (Å²) in [5.74, 6) is 0.202. The number of likely N-dealkylation sites (tertiary alicyclic amines) is 1. The van der Waals surface area contributed by atoms with Gasteiger partial charge in [0.15, 0.2) is 0 Å². The highest BCUT2D eigenvalue weighted by molar-refractivity contribution is 5.88. The molecule has 2 rings (SSSR count). The third-order valence-corrected chi connectivity index (χ3v) is 2.92. The summed E-state index contributed by atoms with van der Waals surface area (Å²) in [6.45, 7) is 7.00. The maximum absolute atomic E-state index is 12.1. The minimum atomic E-state index is -0.0817. The molecule has 0 aromatic carbocycles. The predicted octanol–water partition coefficient (Wildman–Crippen LogP) is 2.30. The van der Waals surface area contributed by atoms with Gasteiger partial charge in [-0.15, -0.1) is 0 Å². The smallest absolute Gasteiger partial charge is 0.234 e. The Morgan fingerprint density at radius 2 is 2.00 bits per heavy atom. The Balaban J connectivity index is 2.32. The van der Waals surface area contributed by atoms with Gasteiger partial charge in [0.1, 0.15) is 0 Å². The maximum Gasteiger partial charge on any atom is 0.234 e. The lowest BCUT2D eigenvalue weighted by molar-refractivity contribution is -0.133. The van der Waals surface area contributed by atoms with Crippen LogP contribution in [0.25, 0.3) is 0 Å². The second-order valence-corrected chi connectivity index (χ2v) is 5.08. The van der Waals surface area contributed by atoms with E-state index in [4.69, 9.17) is 0 Å². The van der Waals surface area contributed by atoms with Gasteiger partial charge in [0.2, 0.25) is 5.91 Å². The number of hydrogen-bond donors (Lipinski definition) is 0. The lowest BCUT2D eigenvalue weighted by Crippen LogP contribution is -2.42. The molecule has 1 unspecified atom stereocenters. The number of allylic oxidation sites excluding steroid dienone is 4. The molecule has 2 nitrogen and oxygen atoms in total. The molecular weight excluding hydrogens is 186 g/mol. The molecule has 1 heterocycles. The van der Waals surface area contributed by atoms with Crippen molar-refractivity contribution in [3.05, 3.63) is 36.0 Å². The molecular formula is C13H17NO. The number of carbonyl (C=O) groups excluding carboxylic acids is 1. The SMILES string of the molecule is CC(C)(C)N1CC2=CC=CC=CC2C1=O. The molecule has 1 fully saturated rings. The molecule has 1 atom stereocenters. The Bertz CT molecular complexity index is 368. The first-order valence-electron chi connectivity index (χ1n) is 5.35. The van der Waals surface area contributed by atoms with Crippen LogP contribution in [0.15, 0.2) is 36.0 Å². The summed E-state index contributed by atoms with van der Waals surface area (Å²) in [5, 5.41) is 0. The molecule has 0 bridgehead atoms. The average Bonchev–Trinajstić information content (AvgIpc) is 2.36. The van der Waals surface area contributed by atoms with E-state index < -0.39 is 0 Å². The van der Waals surface area contributed by atoms with Gasteiger partial charge < -0.3 is 4.90 Å². The zero-order chi connectivity index (χ0) is 11.1. The summed E-state index contributed by atoms with van der Waals surface area (Å²) in [4.78, 5) is 14.1. The lowest BCUT2D eigenvalue weighted by Gasteiger charge is -2.31. The zero-order valence-electron chi connectivity index (χ0n) is 9.53. The topological polar surface area (TPSA) is 20.3 Å². The summed E-state index contributed by atoms with van der Waals surface area (Å²) in [7, 11) is 0. The van der Waals surface area contributed by atoms with E-state index in [1.807, 2.05) is 29.2 Å². The van der Waals surface area contributed by atoms with Gasteiger partial charge >= 0.3 is 0 Å². The van der Waals surface area contributed by atoms with E-state index in [1.54, 1.807) is 0 Å². The molecule has 1 aliphatic carbocycles. The number of fused-ring (bicyclic) bond motifs is 1. The summed E-state index contributed by atoms with van der Waals surface area (Å²) in [5.41, 5.74) is 1.13. The molecule has 0 saturated carbocycles. The van der Waals surface area contributed by atoms with Crippen molar-refractivity contribution in [2.75, 3.05) is 6.54 Å². The second kappa shape index (κ2) is 3.37. The van der Waals surface area contributed by atoms with Crippen molar-refractivity contribution in [1.29, 1.82) is 0 Å². The Morgan fingerprint density at radius 1 is 1.27 bits per heavy atom. The third-order valence-electron chi connectivity index (χ3n) is 2.92. The van der Waals surface area contributed by atoms with Gasteiger partial charge in [0, 0.05) is 12.1 Å². The van der Waals surface area contributed by atoms with Crippen molar-refractivity contribution < 1.29 is 4.79 Å². The van der Waals surface area contributed by atoms with Crippen molar-refractivity contribution in [2.24, 2.45) is 5.92 Å². The number of amides is 1. The van der Waals surface area contributed by atoms with Crippen LogP contribution in [-0.4, -0.2) is 22.9 Å². The van der Waals surface area contributed by atoms with Crippen LogP contribution in [-0.2, 0) is 4.79 Å². The molecule has 0 N–H and O–H groups in total. The van der Waals surface area contributed by atoms with Gasteiger partial charge in [-0.1, -0.05) is 30.4 Å². The Morgan fingerprint density at radius 3 is 2.67 bits per heavy atom. The molecule has 15 heavy (non-hydrogen) atoms. The number of hydrogen-bond acceptors (Lipinski definition) is 1. The summed E-state index contributed by atoms with van der Waals surface area (Å²) in [6, 6.07) is 0. The van der Waals surface area contributed by atoms with Crippen LogP contribution >= 0.6 is 0 Å². The summed E-state index contributed by atoms with van der Waals surface area (Å²) < 4.78 is 0. The van der Waals surface area contributed by atoms with Crippen molar-refractivity contribution >= 4 is 5.91 Å². The quantitative estimate of drug-likeness (QED) is 0.591. The van der Waals surface area contributed by atoms with Gasteiger partial charge in [0.25, 0.3) is 0 Å². The van der Waals surface area contributed by atoms with E-state index in [9.17, 15) is 4.79 Å². The predicted molar refractivity (Wildman–Crippen MR) is 61.3 cm³/mol. The first-order valence-corrected chi connectivity index (χ1v) is 5.35. The van der Waals surface area contributed by atoms with Gasteiger partial charge in [-0.25, -0.2) is 0 Å². The maximum atomic E-state index is 12.1. The molecule has 1 saturated heterocycles. The monoisotopic (exact) mass is 203 g/mol. The molecule has 0 radical (unpaired) electrons. The van der Waals surface area contributed by atoms with Crippen molar-refractivity contribution in [3.63, 3.8) is 0 Å². The van der Waals surface area contributed by atoms with E-state index in [-0.39, 0.29) is 17.4 Å². The Kier molecular flexibility index (Phi) is 2.29. The van der Waals surface area contributed by atoms with Crippen LogP contribution in [0.4, 0.5) is 0 Å². The average molecular weight is 203 g/mol. The van der Waals surface area contributed by atoms with E-state index in [0.717, 1.165) is 6.54 Å². The normalized spacial score (nSPS) is 25.3. The van der Waals surface area contributed by atoms with Gasteiger partial charge in [0.05, 0.1) is 5.92 Å². The molecule has 0 aromatic rings. The second-order valence-electron chi connectivity index (χ2n) is 5.08. The first-order chi connectivity index (χ1) is 7.00. The van der Waals surface area contributed by atoms with Crippen molar-refractivity contribution in [1.82, 2.24) is 4.90 Å². The van der Waals surface area contributed by atoms with Crippen LogP contribution in [0.2, 0.25) is 0 Å². The van der Waals surface area contributed by atoms with Crippen LogP contribution in [0.5, 0.6) is 0 Å². The summed E-state index contributed by atoms with van der Waals surface area (Å²) >= 11 is 0. The highest BCUT2D eigenvalue weighted by Crippen LogP contribution is 2.31. The van der Waals surface area contributed by atoms with Crippen LogP contribution < -0.4 is 0 Å². The fourth-order valence-corrected chi connectivity index (χ4v) is 2.03. The summed E-state index contributed by atoms with van der Waals surface area (Å²) in [6.07, 6.45) is 9.99. The molecule has 80 valence electrons. The molecule has 1 amide bonds. The third kappa shape index (κ3) is 1.76. The molecule has 2 heteroatoms. The number of carbonyl (C=O) groups is 1. The standard InChI is InChI=1S/C13H17NO/c1-13(2,3)14-9-10-7-5-4-6-8-11(10)12(14)15/h4-8,11H,9H2,1-3H3. The first kappa shape index (κ1) is 10.2. The fourth-order valence-electron chi connectivity index (χ4n) is 2.03. The zero-order valence-corrected chi connectivity index (χ0v) is 9.53. The van der Waals surface area contributed by atoms with E-state index in [1.165, 1.54) is 5.57 Å². The van der Waals surface area contributed by atoms with Crippen LogP contribution in [0.3, 0.4) is 0 Å². The van der Waals surface area contributed by atoms with Crippen molar-refractivity contribution in [2.45, 2.75) is 26.3 Å². The number of rotatable bonds is 0. The minimum Gasteiger partial charge on any atom is -0.333 e. The Hall–Kier alpha value is -1.31. The highest BCUT2D eigenvalue weighted by Gasteiger charge is 2.39. The molecule has 0 aromatic heterocycles. The highest BCUT2D eigenvalue weighted by atomic mass is 16.2. The molecule has 2 aliphatic rings. The van der Waals surface area contributed by atoms with Gasteiger partial charge in [-0.05, 0) is 26.3 Å². The van der Waals surface area contributed by atoms with Crippen LogP contribution in [0.1, 0.15) is 20.8 Å². The lowest BCUT2D eigenvalue weighted by atomic mass is 10.0. The molecule has 0 spiro atoms. The van der Waals surface area contributed by atoms with E-state index >= 15 is 0 Å². The van der Waals surface area contributed by atoms with E-state index in [0.29, 0.717) is 0 Å². The fraction of sp³-hybridized carbons (Fsp3) is 0.462. The molecule has 1 aliphatic heterocycles. The van der Waals surface area contributed by atoms with Crippen LogP contribution in [0, 0.1) is 5.92 Å².